The molecule has 0 aromatic heterocycles. The third kappa shape index (κ3) is 5.95. The van der Waals surface area contributed by atoms with Gasteiger partial charge in [-0.3, -0.25) is 4.79 Å². The van der Waals surface area contributed by atoms with Crippen molar-refractivity contribution in [3.63, 3.8) is 0 Å². The quantitative estimate of drug-likeness (QED) is 0.620. The molecule has 1 aliphatic rings. The van der Waals surface area contributed by atoms with Crippen LogP contribution in [0.3, 0.4) is 0 Å². The first kappa shape index (κ1) is 22.6. The van der Waals surface area contributed by atoms with Gasteiger partial charge in [0, 0.05) is 30.2 Å². The molecular weight excluding hydrogens is 428 g/mol. The molecule has 1 aliphatic heterocycles. The number of halogens is 1. The van der Waals surface area contributed by atoms with Gasteiger partial charge in [-0.25, -0.2) is 8.42 Å². The molecule has 0 unspecified atom stereocenters. The molecule has 0 bridgehead atoms. The van der Waals surface area contributed by atoms with Gasteiger partial charge < -0.3 is 14.8 Å². The molecule has 2 aromatic rings. The number of aryl methyl sites for hydroxylation is 1. The molecule has 9 heteroatoms. The van der Waals surface area contributed by atoms with Gasteiger partial charge in [-0.05, 0) is 61.4 Å². The number of morpholine rings is 1. The number of nitrogens with zero attached hydrogens (tertiary/aromatic N) is 1. The molecule has 1 amide bonds. The molecule has 30 heavy (non-hydrogen) atoms. The summed E-state index contributed by atoms with van der Waals surface area (Å²) in [7, 11) is -3.54. The van der Waals surface area contributed by atoms with Gasteiger partial charge in [-0.1, -0.05) is 11.6 Å². The topological polar surface area (TPSA) is 84.9 Å². The normalized spacial score (nSPS) is 15.0. The Balaban J connectivity index is 1.46. The fraction of sp³-hybridized carbons (Fsp3) is 0.381. The van der Waals surface area contributed by atoms with E-state index in [2.05, 4.69) is 5.32 Å². The standard InChI is InChI=1S/C21H25ClN2O5S/c1-16-15-17(22)4-9-20(16)29-12-2-3-21(25)23-18-5-7-19(8-6-18)30(26,27)24-10-13-28-14-11-24/h4-9,15H,2-3,10-14H2,1H3,(H,23,25). The molecule has 1 heterocycles. The van der Waals surface area contributed by atoms with Crippen molar-refractivity contribution in [2.75, 3.05) is 38.2 Å². The summed E-state index contributed by atoms with van der Waals surface area (Å²) in [6.45, 7) is 3.81. The molecule has 1 saturated heterocycles. The van der Waals surface area contributed by atoms with E-state index >= 15 is 0 Å². The van der Waals surface area contributed by atoms with Crippen LogP contribution in [0, 0.1) is 6.92 Å². The Labute approximate surface area is 182 Å². The lowest BCUT2D eigenvalue weighted by Gasteiger charge is -2.26. The van der Waals surface area contributed by atoms with Gasteiger partial charge >= 0.3 is 0 Å². The highest BCUT2D eigenvalue weighted by molar-refractivity contribution is 7.89. The monoisotopic (exact) mass is 452 g/mol. The van der Waals surface area contributed by atoms with Crippen LogP contribution in [0.5, 0.6) is 5.75 Å². The maximum Gasteiger partial charge on any atom is 0.243 e. The zero-order valence-corrected chi connectivity index (χ0v) is 18.3. The molecular formula is C21H25ClN2O5S. The third-order valence-corrected chi connectivity index (χ3v) is 6.84. The van der Waals surface area contributed by atoms with Crippen LogP contribution in [0.1, 0.15) is 18.4 Å². The van der Waals surface area contributed by atoms with Gasteiger partial charge in [0.25, 0.3) is 0 Å². The fourth-order valence-corrected chi connectivity index (χ4v) is 4.69. The van der Waals surface area contributed by atoms with Crippen molar-refractivity contribution in [3.8, 4) is 5.75 Å². The number of benzene rings is 2. The number of anilines is 1. The summed E-state index contributed by atoms with van der Waals surface area (Å²) in [4.78, 5) is 12.3. The van der Waals surface area contributed by atoms with Crippen LogP contribution < -0.4 is 10.1 Å². The molecule has 1 fully saturated rings. The minimum absolute atomic E-state index is 0.157. The first-order valence-corrected chi connectivity index (χ1v) is 11.5. The van der Waals surface area contributed by atoms with Crippen LogP contribution in [0.4, 0.5) is 5.69 Å². The Morgan fingerprint density at radius 3 is 2.53 bits per heavy atom. The zero-order valence-electron chi connectivity index (χ0n) is 16.8. The van der Waals surface area contributed by atoms with Crippen molar-refractivity contribution < 1.29 is 22.7 Å². The summed E-state index contributed by atoms with van der Waals surface area (Å²) in [5.74, 6) is 0.590. The number of rotatable bonds is 8. The minimum atomic E-state index is -3.54. The van der Waals surface area contributed by atoms with E-state index in [1.54, 1.807) is 18.2 Å². The van der Waals surface area contributed by atoms with Crippen LogP contribution >= 0.6 is 11.6 Å². The molecule has 162 valence electrons. The van der Waals surface area contributed by atoms with E-state index in [9.17, 15) is 13.2 Å². The van der Waals surface area contributed by atoms with E-state index in [1.165, 1.54) is 16.4 Å². The summed E-state index contributed by atoms with van der Waals surface area (Å²) < 4.78 is 37.5. The number of amides is 1. The number of carbonyl (C=O) groups is 1. The van der Waals surface area contributed by atoms with Crippen LogP contribution in [0.25, 0.3) is 0 Å². The number of hydrogen-bond acceptors (Lipinski definition) is 5. The molecule has 3 rings (SSSR count). The lowest BCUT2D eigenvalue weighted by molar-refractivity contribution is -0.116. The summed E-state index contributed by atoms with van der Waals surface area (Å²) >= 11 is 5.92. The molecule has 0 saturated carbocycles. The van der Waals surface area contributed by atoms with Gasteiger partial charge in [0.05, 0.1) is 24.7 Å². The van der Waals surface area contributed by atoms with Gasteiger partial charge in [0.2, 0.25) is 15.9 Å². The van der Waals surface area contributed by atoms with Gasteiger partial charge in [-0.2, -0.15) is 4.31 Å². The van der Waals surface area contributed by atoms with Crippen molar-refractivity contribution in [3.05, 3.63) is 53.1 Å². The predicted octanol–water partition coefficient (Wildman–Crippen LogP) is 3.47. The summed E-state index contributed by atoms with van der Waals surface area (Å²) in [6.07, 6.45) is 0.845. The van der Waals surface area contributed by atoms with Crippen molar-refractivity contribution in [2.24, 2.45) is 0 Å². The van der Waals surface area contributed by atoms with Gasteiger partial charge in [-0.15, -0.1) is 0 Å². The Morgan fingerprint density at radius 1 is 1.17 bits per heavy atom. The minimum Gasteiger partial charge on any atom is -0.493 e. The van der Waals surface area contributed by atoms with Crippen LogP contribution in [-0.4, -0.2) is 51.5 Å². The summed E-state index contributed by atoms with van der Waals surface area (Å²) in [5.41, 5.74) is 1.49. The largest absolute Gasteiger partial charge is 0.493 e. The van der Waals surface area contributed by atoms with E-state index in [1.807, 2.05) is 19.1 Å². The zero-order chi connectivity index (χ0) is 21.6. The smallest absolute Gasteiger partial charge is 0.243 e. The van der Waals surface area contributed by atoms with E-state index < -0.39 is 10.0 Å². The molecule has 0 aliphatic carbocycles. The van der Waals surface area contributed by atoms with Gasteiger partial charge in [0.15, 0.2) is 0 Å². The average Bonchev–Trinajstić information content (AvgIpc) is 2.73. The van der Waals surface area contributed by atoms with Crippen molar-refractivity contribution in [1.82, 2.24) is 4.31 Å². The van der Waals surface area contributed by atoms with E-state index in [0.717, 1.165) is 11.3 Å². The van der Waals surface area contributed by atoms with Crippen molar-refractivity contribution in [2.45, 2.75) is 24.7 Å². The fourth-order valence-electron chi connectivity index (χ4n) is 3.06. The number of hydrogen-bond donors (Lipinski definition) is 1. The maximum atomic E-state index is 12.6. The maximum absolute atomic E-state index is 12.6. The third-order valence-electron chi connectivity index (χ3n) is 4.69. The number of sulfonamides is 1. The second kappa shape index (κ2) is 10.3. The molecule has 0 radical (unpaired) electrons. The van der Waals surface area contributed by atoms with Crippen molar-refractivity contribution >= 4 is 33.2 Å². The van der Waals surface area contributed by atoms with E-state index in [-0.39, 0.29) is 10.8 Å². The van der Waals surface area contributed by atoms with Crippen LogP contribution in [0.2, 0.25) is 5.02 Å². The molecule has 7 nitrogen and oxygen atoms in total. The molecule has 0 spiro atoms. The number of ether oxygens (including phenoxy) is 2. The molecule has 2 aromatic carbocycles. The lowest BCUT2D eigenvalue weighted by atomic mass is 10.2. The highest BCUT2D eigenvalue weighted by Gasteiger charge is 2.26. The first-order valence-electron chi connectivity index (χ1n) is 9.73. The molecule has 0 atom stereocenters. The van der Waals surface area contributed by atoms with E-state index in [0.29, 0.717) is 56.5 Å². The number of carbonyl (C=O) groups excluding carboxylic acids is 1. The lowest BCUT2D eigenvalue weighted by Crippen LogP contribution is -2.40. The second-order valence-electron chi connectivity index (χ2n) is 6.95. The predicted molar refractivity (Wildman–Crippen MR) is 116 cm³/mol. The Morgan fingerprint density at radius 2 is 1.87 bits per heavy atom. The Bertz CT molecular complexity index is 973. The first-order chi connectivity index (χ1) is 14.4. The van der Waals surface area contributed by atoms with Gasteiger partial charge in [0.1, 0.15) is 5.75 Å². The summed E-state index contributed by atoms with van der Waals surface area (Å²) in [6, 6.07) is 11.6. The van der Waals surface area contributed by atoms with Crippen LogP contribution in [0.15, 0.2) is 47.4 Å². The average molecular weight is 453 g/mol. The SMILES string of the molecule is Cc1cc(Cl)ccc1OCCCC(=O)Nc1ccc(S(=O)(=O)N2CCOCC2)cc1. The highest BCUT2D eigenvalue weighted by Crippen LogP contribution is 2.22. The Hall–Kier alpha value is -2.13. The number of nitrogens with one attached hydrogen (secondary N) is 1. The van der Waals surface area contributed by atoms with Crippen LogP contribution in [-0.2, 0) is 19.6 Å². The molecule has 1 N–H and O–H groups in total. The second-order valence-corrected chi connectivity index (χ2v) is 9.33. The van der Waals surface area contributed by atoms with Crippen molar-refractivity contribution in [1.29, 1.82) is 0 Å². The highest BCUT2D eigenvalue weighted by atomic mass is 35.5. The van der Waals surface area contributed by atoms with E-state index in [4.69, 9.17) is 21.1 Å². The Kier molecular flexibility index (Phi) is 7.71. The summed E-state index contributed by atoms with van der Waals surface area (Å²) in [5, 5.41) is 3.43.